The first-order chi connectivity index (χ1) is 7.65. The second-order valence-corrected chi connectivity index (χ2v) is 4.49. The van der Waals surface area contributed by atoms with Crippen molar-refractivity contribution in [3.63, 3.8) is 0 Å². The molecule has 0 aromatic rings. The molecule has 2 bridgehead atoms. The normalized spacial score (nSPS) is 33.6. The van der Waals surface area contributed by atoms with E-state index in [1.165, 1.54) is 32.9 Å². The fourth-order valence-corrected chi connectivity index (χ4v) is 2.41. The van der Waals surface area contributed by atoms with Crippen molar-refractivity contribution in [3.05, 3.63) is 0 Å². The topological polar surface area (TPSA) is 51.1 Å². The first-order valence-corrected chi connectivity index (χ1v) is 5.76. The maximum Gasteiger partial charge on any atom is 0.332 e. The van der Waals surface area contributed by atoms with Gasteiger partial charge in [0.25, 0.3) is 0 Å². The van der Waals surface area contributed by atoms with Crippen LogP contribution in [-0.2, 0) is 14.4 Å². The first kappa shape index (κ1) is 11.4. The lowest BCUT2D eigenvalue weighted by Gasteiger charge is -2.44. The number of carbonyl (C=O) groups excluding carboxylic acids is 1. The van der Waals surface area contributed by atoms with E-state index >= 15 is 0 Å². The van der Waals surface area contributed by atoms with E-state index in [0.717, 1.165) is 6.54 Å². The van der Waals surface area contributed by atoms with Crippen molar-refractivity contribution in [1.29, 1.82) is 0 Å². The molecule has 16 heavy (non-hydrogen) atoms. The molecule has 0 aromatic carbocycles. The van der Waals surface area contributed by atoms with E-state index in [0.29, 0.717) is 11.8 Å². The third-order valence-corrected chi connectivity index (χ3v) is 3.22. The smallest absolute Gasteiger partial charge is 0.332 e. The van der Waals surface area contributed by atoms with E-state index in [-0.39, 0.29) is 6.10 Å². The minimum absolute atomic E-state index is 0.210. The van der Waals surface area contributed by atoms with Gasteiger partial charge in [0.15, 0.2) is 0 Å². The zero-order valence-electron chi connectivity index (χ0n) is 9.81. The molecule has 3 saturated heterocycles. The fraction of sp³-hybridized carbons (Fsp3) is 0.818. The zero-order valence-corrected chi connectivity index (χ0v) is 9.81. The van der Waals surface area contributed by atoms with Gasteiger partial charge >= 0.3 is 5.97 Å². The molecule has 0 N–H and O–H groups in total. The van der Waals surface area contributed by atoms with Crippen LogP contribution in [0.3, 0.4) is 0 Å². The van der Waals surface area contributed by atoms with Crippen LogP contribution in [0.5, 0.6) is 0 Å². The summed E-state index contributed by atoms with van der Waals surface area (Å²) in [6.07, 6.45) is 2.61. The summed E-state index contributed by atoms with van der Waals surface area (Å²) in [6, 6.07) is 0. The summed E-state index contributed by atoms with van der Waals surface area (Å²) in [7, 11) is 0. The van der Waals surface area contributed by atoms with Crippen LogP contribution < -0.4 is 0 Å². The molecule has 3 aliphatic rings. The lowest BCUT2D eigenvalue weighted by Crippen LogP contribution is -2.51. The maximum atomic E-state index is 10.6. The van der Waals surface area contributed by atoms with Gasteiger partial charge < -0.3 is 9.57 Å². The molecule has 3 aliphatic heterocycles. The Bertz CT molecular complexity index is 296. The highest BCUT2D eigenvalue weighted by Crippen LogP contribution is 2.29. The van der Waals surface area contributed by atoms with Crippen LogP contribution in [0.2, 0.25) is 0 Å². The van der Waals surface area contributed by atoms with Crippen molar-refractivity contribution in [2.75, 3.05) is 19.6 Å². The van der Waals surface area contributed by atoms with Crippen molar-refractivity contribution < 1.29 is 14.4 Å². The molecule has 0 radical (unpaired) electrons. The Labute approximate surface area is 95.4 Å². The number of carbonyl (C=O) groups is 1. The van der Waals surface area contributed by atoms with Crippen LogP contribution in [0, 0.1) is 5.92 Å². The third-order valence-electron chi connectivity index (χ3n) is 3.22. The highest BCUT2D eigenvalue weighted by atomic mass is 16.7. The molecule has 1 unspecified atom stereocenters. The molecule has 3 fully saturated rings. The van der Waals surface area contributed by atoms with Gasteiger partial charge in [0.1, 0.15) is 6.10 Å². The largest absolute Gasteiger partial charge is 0.474 e. The molecule has 5 nitrogen and oxygen atoms in total. The molecule has 0 aliphatic carbocycles. The van der Waals surface area contributed by atoms with Gasteiger partial charge in [-0.3, -0.25) is 4.90 Å². The average Bonchev–Trinajstić information content (AvgIpc) is 2.28. The lowest BCUT2D eigenvalue weighted by molar-refractivity contribution is -0.141. The Hall–Kier alpha value is -1.10. The molecular formula is C11H18N2O3. The maximum absolute atomic E-state index is 10.6. The van der Waals surface area contributed by atoms with Crippen LogP contribution in [0.4, 0.5) is 0 Å². The van der Waals surface area contributed by atoms with Crippen LogP contribution in [-0.4, -0.2) is 42.5 Å². The van der Waals surface area contributed by atoms with E-state index in [1.807, 2.05) is 0 Å². The van der Waals surface area contributed by atoms with Crippen LogP contribution in [0.15, 0.2) is 5.16 Å². The predicted octanol–water partition coefficient (Wildman–Crippen LogP) is 0.994. The Kier molecular flexibility index (Phi) is 3.43. The minimum Gasteiger partial charge on any atom is -0.474 e. The van der Waals surface area contributed by atoms with Gasteiger partial charge in [-0.2, -0.15) is 0 Å². The summed E-state index contributed by atoms with van der Waals surface area (Å²) in [5, 5.41) is 3.63. The average molecular weight is 226 g/mol. The van der Waals surface area contributed by atoms with Crippen molar-refractivity contribution >= 4 is 11.9 Å². The number of oxime groups is 1. The van der Waals surface area contributed by atoms with E-state index in [2.05, 4.69) is 14.9 Å². The van der Waals surface area contributed by atoms with Crippen molar-refractivity contribution in [3.8, 4) is 0 Å². The molecule has 3 heterocycles. The summed E-state index contributed by atoms with van der Waals surface area (Å²) in [5.41, 5.74) is 0. The summed E-state index contributed by atoms with van der Waals surface area (Å²) in [5.74, 6) is 0.651. The monoisotopic (exact) mass is 226 g/mol. The van der Waals surface area contributed by atoms with Gasteiger partial charge in [-0.05, 0) is 37.0 Å². The number of ether oxygens (including phenoxy) is 1. The fourth-order valence-electron chi connectivity index (χ4n) is 2.41. The van der Waals surface area contributed by atoms with Gasteiger partial charge in [-0.1, -0.05) is 0 Å². The number of piperidine rings is 3. The number of hydrogen-bond donors (Lipinski definition) is 0. The van der Waals surface area contributed by atoms with E-state index in [1.54, 1.807) is 6.92 Å². The van der Waals surface area contributed by atoms with E-state index in [4.69, 9.17) is 4.74 Å². The number of rotatable bonds is 2. The molecule has 5 heteroatoms. The summed E-state index contributed by atoms with van der Waals surface area (Å²) in [4.78, 5) is 17.5. The third kappa shape index (κ3) is 2.72. The summed E-state index contributed by atoms with van der Waals surface area (Å²) < 4.78 is 5.71. The Balaban J connectivity index is 1.85. The van der Waals surface area contributed by atoms with Crippen molar-refractivity contribution in [2.45, 2.75) is 32.8 Å². The van der Waals surface area contributed by atoms with E-state index in [9.17, 15) is 4.79 Å². The molecule has 0 spiro atoms. The molecular weight excluding hydrogens is 208 g/mol. The van der Waals surface area contributed by atoms with Crippen LogP contribution in [0.1, 0.15) is 26.7 Å². The number of fused-ring (bicyclic) bond motifs is 3. The lowest BCUT2D eigenvalue weighted by atomic mass is 9.86. The zero-order chi connectivity index (χ0) is 11.5. The standard InChI is InChI=1S/C11H18N2O3/c1-8(12-16-9(2)14)15-11-7-13-5-3-10(11)4-6-13/h10-11H,3-7H2,1-2H3. The van der Waals surface area contributed by atoms with Crippen LogP contribution >= 0.6 is 0 Å². The molecule has 90 valence electrons. The Morgan fingerprint density at radius 1 is 1.31 bits per heavy atom. The second kappa shape index (κ2) is 4.82. The summed E-state index contributed by atoms with van der Waals surface area (Å²) in [6.45, 7) is 6.39. The predicted molar refractivity (Wildman–Crippen MR) is 58.9 cm³/mol. The molecule has 0 aromatic heterocycles. The highest BCUT2D eigenvalue weighted by Gasteiger charge is 2.35. The Morgan fingerprint density at radius 2 is 2.00 bits per heavy atom. The van der Waals surface area contributed by atoms with Crippen LogP contribution in [0.25, 0.3) is 0 Å². The Morgan fingerprint density at radius 3 is 2.50 bits per heavy atom. The summed E-state index contributed by atoms with van der Waals surface area (Å²) >= 11 is 0. The van der Waals surface area contributed by atoms with Gasteiger partial charge in [-0.15, -0.1) is 0 Å². The van der Waals surface area contributed by atoms with Gasteiger partial charge in [0, 0.05) is 20.4 Å². The van der Waals surface area contributed by atoms with Gasteiger partial charge in [0.05, 0.1) is 0 Å². The second-order valence-electron chi connectivity index (χ2n) is 4.49. The minimum atomic E-state index is -0.420. The first-order valence-electron chi connectivity index (χ1n) is 5.76. The van der Waals surface area contributed by atoms with Crippen molar-refractivity contribution in [1.82, 2.24) is 4.90 Å². The van der Waals surface area contributed by atoms with Gasteiger partial charge in [-0.25, -0.2) is 4.79 Å². The molecule has 3 rings (SSSR count). The quantitative estimate of drug-likeness (QED) is 0.305. The molecule has 1 atom stereocenters. The molecule has 0 saturated carbocycles. The van der Waals surface area contributed by atoms with Gasteiger partial charge in [0.2, 0.25) is 5.90 Å². The highest BCUT2D eigenvalue weighted by molar-refractivity contribution is 5.74. The number of nitrogens with zero attached hydrogens (tertiary/aromatic N) is 2. The van der Waals surface area contributed by atoms with Crippen molar-refractivity contribution in [2.24, 2.45) is 11.1 Å². The van der Waals surface area contributed by atoms with E-state index < -0.39 is 5.97 Å². The SMILES string of the molecule is CC(=O)ON=C(C)OC1CN2CCC1CC2. The number of hydrogen-bond acceptors (Lipinski definition) is 5. The molecule has 0 amide bonds.